The number of thioether (sulfide) groups is 1. The van der Waals surface area contributed by atoms with Crippen molar-refractivity contribution in [2.45, 2.75) is 24.9 Å². The van der Waals surface area contributed by atoms with E-state index in [2.05, 4.69) is 25.6 Å². The summed E-state index contributed by atoms with van der Waals surface area (Å²) in [4.78, 5) is 24.6. The van der Waals surface area contributed by atoms with Gasteiger partial charge in [0.15, 0.2) is 0 Å². The third-order valence-electron chi connectivity index (χ3n) is 4.54. The molecule has 0 radical (unpaired) electrons. The van der Waals surface area contributed by atoms with Crippen LogP contribution in [0, 0.1) is 24.1 Å². The number of nitrogen functional groups attached to an aromatic ring is 1. The molecule has 0 spiro atoms. The fourth-order valence-corrected chi connectivity index (χ4v) is 3.78. The van der Waals surface area contributed by atoms with Crippen molar-refractivity contribution in [2.75, 3.05) is 23.9 Å². The Bertz CT molecular complexity index is 1160. The summed E-state index contributed by atoms with van der Waals surface area (Å²) in [5.41, 5.74) is 7.76. The Balaban J connectivity index is 2.01. The van der Waals surface area contributed by atoms with Gasteiger partial charge in [0.05, 0.1) is 23.5 Å². The van der Waals surface area contributed by atoms with E-state index in [0.29, 0.717) is 16.1 Å². The van der Waals surface area contributed by atoms with Crippen molar-refractivity contribution in [3.8, 4) is 6.07 Å². The second-order valence-electron chi connectivity index (χ2n) is 6.56. The van der Waals surface area contributed by atoms with Crippen LogP contribution in [0.15, 0.2) is 29.4 Å². The van der Waals surface area contributed by atoms with E-state index in [4.69, 9.17) is 11.0 Å². The lowest BCUT2D eigenvalue weighted by molar-refractivity contribution is -0.118. The average Bonchev–Trinajstić information content (AvgIpc) is 2.74. The van der Waals surface area contributed by atoms with Gasteiger partial charge in [-0.25, -0.2) is 14.4 Å². The summed E-state index contributed by atoms with van der Waals surface area (Å²) in [5.74, 6) is 0.0321. The number of nitrogens with one attached hydrogen (secondary N) is 2. The Morgan fingerprint density at radius 1 is 1.40 bits per heavy atom. The summed E-state index contributed by atoms with van der Waals surface area (Å²) < 4.78 is 14.0. The molecular formula is C20H20FN7OS. The smallest absolute Gasteiger partial charge is 0.230 e. The molecule has 10 heteroatoms. The number of nitriles is 1. The molecule has 0 bridgehead atoms. The first-order valence-electron chi connectivity index (χ1n) is 9.06. The quantitative estimate of drug-likeness (QED) is 0.514. The maximum Gasteiger partial charge on any atom is 0.230 e. The second-order valence-corrected chi connectivity index (χ2v) is 7.52. The van der Waals surface area contributed by atoms with Crippen molar-refractivity contribution >= 4 is 40.3 Å². The number of halogens is 1. The Kier molecular flexibility index (Phi) is 6.32. The van der Waals surface area contributed by atoms with Gasteiger partial charge >= 0.3 is 0 Å². The van der Waals surface area contributed by atoms with Crippen LogP contribution in [-0.4, -0.2) is 33.7 Å². The molecular weight excluding hydrogens is 405 g/mol. The van der Waals surface area contributed by atoms with Crippen LogP contribution in [0.25, 0.3) is 10.9 Å². The molecule has 1 aromatic carbocycles. The molecule has 4 N–H and O–H groups in total. The van der Waals surface area contributed by atoms with Crippen molar-refractivity contribution in [3.63, 3.8) is 0 Å². The van der Waals surface area contributed by atoms with Gasteiger partial charge in [-0.2, -0.15) is 10.2 Å². The van der Waals surface area contributed by atoms with Crippen LogP contribution in [0.5, 0.6) is 0 Å². The van der Waals surface area contributed by atoms with Crippen molar-refractivity contribution in [1.82, 2.24) is 20.3 Å². The molecule has 3 aromatic rings. The van der Waals surface area contributed by atoms with Crippen LogP contribution in [0.2, 0.25) is 0 Å². The van der Waals surface area contributed by atoms with Crippen molar-refractivity contribution < 1.29 is 9.18 Å². The van der Waals surface area contributed by atoms with E-state index < -0.39 is 0 Å². The van der Waals surface area contributed by atoms with Crippen LogP contribution in [0.4, 0.5) is 16.2 Å². The van der Waals surface area contributed by atoms with Crippen LogP contribution >= 0.6 is 11.8 Å². The van der Waals surface area contributed by atoms with Gasteiger partial charge in [-0.15, -0.1) is 0 Å². The number of rotatable bonds is 6. The zero-order chi connectivity index (χ0) is 21.8. The van der Waals surface area contributed by atoms with Crippen LogP contribution in [-0.2, 0) is 4.79 Å². The summed E-state index contributed by atoms with van der Waals surface area (Å²) in [6.45, 7) is 3.56. The minimum Gasteiger partial charge on any atom is -0.382 e. The monoisotopic (exact) mass is 425 g/mol. The van der Waals surface area contributed by atoms with E-state index >= 15 is 0 Å². The fourth-order valence-electron chi connectivity index (χ4n) is 2.81. The van der Waals surface area contributed by atoms with Gasteiger partial charge in [-0.1, -0.05) is 11.8 Å². The molecule has 1 amide bonds. The van der Waals surface area contributed by atoms with Gasteiger partial charge in [-0.3, -0.25) is 4.79 Å². The number of nitrogens with zero attached hydrogens (tertiary/aromatic N) is 4. The molecule has 0 saturated heterocycles. The highest BCUT2D eigenvalue weighted by Gasteiger charge is 2.18. The number of aromatic nitrogens is 3. The van der Waals surface area contributed by atoms with Gasteiger partial charge in [-0.05, 0) is 32.0 Å². The van der Waals surface area contributed by atoms with E-state index in [1.807, 2.05) is 19.1 Å². The Labute approximate surface area is 177 Å². The third kappa shape index (κ3) is 4.41. The molecule has 0 fully saturated rings. The average molecular weight is 425 g/mol. The molecule has 0 aliphatic carbocycles. The first-order valence-corrected chi connectivity index (χ1v) is 10.0. The number of aryl methyl sites for hydroxylation is 1. The predicted molar refractivity (Wildman–Crippen MR) is 114 cm³/mol. The molecule has 0 aliphatic heterocycles. The first kappa shape index (κ1) is 21.3. The van der Waals surface area contributed by atoms with Crippen molar-refractivity contribution in [2.24, 2.45) is 0 Å². The molecule has 30 heavy (non-hydrogen) atoms. The first-order chi connectivity index (χ1) is 14.3. The predicted octanol–water partition coefficient (Wildman–Crippen LogP) is 2.94. The number of anilines is 2. The molecule has 2 heterocycles. The summed E-state index contributed by atoms with van der Waals surface area (Å²) in [5, 5.41) is 16.1. The largest absolute Gasteiger partial charge is 0.382 e. The fraction of sp³-hybridized carbons (Fsp3) is 0.250. The number of carbonyl (C=O) groups is 1. The highest BCUT2D eigenvalue weighted by atomic mass is 32.2. The maximum absolute atomic E-state index is 14.0. The lowest BCUT2D eigenvalue weighted by atomic mass is 10.1. The van der Waals surface area contributed by atoms with E-state index in [1.165, 1.54) is 24.0 Å². The number of nitrogens with two attached hydrogens (primary N) is 1. The number of fused-ring (bicyclic) bond motifs is 1. The number of benzene rings is 1. The minimum absolute atomic E-state index is 0.0825. The zero-order valence-corrected chi connectivity index (χ0v) is 17.5. The number of hydrogen-bond acceptors (Lipinski definition) is 8. The molecule has 0 saturated carbocycles. The summed E-state index contributed by atoms with van der Waals surface area (Å²) >= 11 is 1.26. The van der Waals surface area contributed by atoms with Crippen molar-refractivity contribution in [1.29, 1.82) is 5.26 Å². The summed E-state index contributed by atoms with van der Waals surface area (Å²) in [6.07, 6.45) is 1.35. The molecule has 0 aliphatic rings. The number of hydrogen-bond donors (Lipinski definition) is 3. The second kappa shape index (κ2) is 8.92. The van der Waals surface area contributed by atoms with E-state index in [-0.39, 0.29) is 40.8 Å². The molecule has 0 unspecified atom stereocenters. The number of amides is 1. The third-order valence-corrected chi connectivity index (χ3v) is 5.54. The molecule has 2 aromatic heterocycles. The lowest BCUT2D eigenvalue weighted by Gasteiger charge is -2.19. The normalized spacial score (nSPS) is 11.7. The molecule has 1 atom stereocenters. The number of carbonyl (C=O) groups excluding carboxylic acids is 1. The maximum atomic E-state index is 14.0. The van der Waals surface area contributed by atoms with Gasteiger partial charge < -0.3 is 16.4 Å². The minimum atomic E-state index is -0.336. The van der Waals surface area contributed by atoms with Crippen LogP contribution in [0.1, 0.15) is 29.7 Å². The van der Waals surface area contributed by atoms with Crippen LogP contribution in [0.3, 0.4) is 0 Å². The Morgan fingerprint density at radius 3 is 2.83 bits per heavy atom. The highest BCUT2D eigenvalue weighted by molar-refractivity contribution is 7.99. The van der Waals surface area contributed by atoms with E-state index in [9.17, 15) is 9.18 Å². The summed E-state index contributed by atoms with van der Waals surface area (Å²) in [6, 6.07) is 6.61. The topological polar surface area (TPSA) is 130 Å². The SMILES string of the molecule is CNC(=O)CSc1nc2c(C)c(F)ccc2cc1[C@H](C)Nc1ncc(C#N)c(N)n1. The van der Waals surface area contributed by atoms with Gasteiger partial charge in [0.2, 0.25) is 11.9 Å². The lowest BCUT2D eigenvalue weighted by Crippen LogP contribution is -2.20. The molecule has 154 valence electrons. The van der Waals surface area contributed by atoms with E-state index in [1.54, 1.807) is 20.0 Å². The Hall–Kier alpha value is -3.45. The number of pyridine rings is 1. The van der Waals surface area contributed by atoms with Gasteiger partial charge in [0, 0.05) is 23.6 Å². The zero-order valence-electron chi connectivity index (χ0n) is 16.7. The highest BCUT2D eigenvalue weighted by Crippen LogP contribution is 2.32. The Morgan fingerprint density at radius 2 is 2.17 bits per heavy atom. The van der Waals surface area contributed by atoms with Crippen LogP contribution < -0.4 is 16.4 Å². The molecule has 8 nitrogen and oxygen atoms in total. The van der Waals surface area contributed by atoms with Gasteiger partial charge in [0.1, 0.15) is 28.3 Å². The summed E-state index contributed by atoms with van der Waals surface area (Å²) in [7, 11) is 1.56. The van der Waals surface area contributed by atoms with E-state index in [0.717, 1.165) is 10.9 Å². The van der Waals surface area contributed by atoms with Crippen molar-refractivity contribution in [3.05, 3.63) is 46.9 Å². The molecule has 3 rings (SSSR count). The van der Waals surface area contributed by atoms with Gasteiger partial charge in [0.25, 0.3) is 0 Å². The standard InChI is InChI=1S/C20H20FN7OS/c1-10-15(21)5-4-12-6-14(19(27-17(10)12)30-9-16(29)24-3)11(2)26-20-25-8-13(7-22)18(23)28-20/h4-6,8,11H,9H2,1-3H3,(H,24,29)(H3,23,25,26,28)/t11-/m0/s1.